The summed E-state index contributed by atoms with van der Waals surface area (Å²) in [5.74, 6) is -1.70. The number of carboxylic acids is 1. The number of carbonyl (C=O) groups excluding carboxylic acids is 1. The van der Waals surface area contributed by atoms with Gasteiger partial charge in [-0.15, -0.1) is 0 Å². The second-order valence-electron chi connectivity index (χ2n) is 5.07. The van der Waals surface area contributed by atoms with Gasteiger partial charge in [-0.3, -0.25) is 14.3 Å². The van der Waals surface area contributed by atoms with E-state index in [9.17, 15) is 14.7 Å². The Labute approximate surface area is 121 Å². The van der Waals surface area contributed by atoms with Gasteiger partial charge >= 0.3 is 5.97 Å². The van der Waals surface area contributed by atoms with E-state index in [1.165, 1.54) is 0 Å². The van der Waals surface area contributed by atoms with E-state index in [4.69, 9.17) is 0 Å². The summed E-state index contributed by atoms with van der Waals surface area (Å²) in [4.78, 5) is 25.3. The van der Waals surface area contributed by atoms with Crippen LogP contribution in [0.25, 0.3) is 0 Å². The van der Waals surface area contributed by atoms with Gasteiger partial charge in [-0.05, 0) is 17.2 Å². The largest absolute Gasteiger partial charge is 0.481 e. The molecule has 1 atom stereocenters. The summed E-state index contributed by atoms with van der Waals surface area (Å²) in [7, 11) is 0. The predicted molar refractivity (Wildman–Crippen MR) is 74.5 cm³/mol. The molecule has 1 aliphatic rings. The van der Waals surface area contributed by atoms with E-state index in [1.54, 1.807) is 28.0 Å². The Morgan fingerprint density at radius 2 is 2.10 bits per heavy atom. The summed E-state index contributed by atoms with van der Waals surface area (Å²) in [5, 5.41) is 13.4. The molecule has 0 saturated heterocycles. The molecule has 1 unspecified atom stereocenters. The summed E-state index contributed by atoms with van der Waals surface area (Å²) < 4.78 is 1.54. The molecule has 0 bridgehead atoms. The normalized spacial score (nSPS) is 17.3. The Morgan fingerprint density at radius 3 is 2.81 bits per heavy atom. The van der Waals surface area contributed by atoms with Crippen molar-refractivity contribution in [3.05, 3.63) is 53.9 Å². The lowest BCUT2D eigenvalue weighted by Crippen LogP contribution is -2.42. The third-order valence-electron chi connectivity index (χ3n) is 3.70. The van der Waals surface area contributed by atoms with Gasteiger partial charge < -0.3 is 10.0 Å². The van der Waals surface area contributed by atoms with E-state index in [0.29, 0.717) is 6.54 Å². The number of fused-ring (bicyclic) bond motifs is 1. The summed E-state index contributed by atoms with van der Waals surface area (Å²) in [5.41, 5.74) is 1.69. The average molecular weight is 285 g/mol. The maximum atomic E-state index is 12.3. The number of benzene rings is 1. The maximum Gasteiger partial charge on any atom is 0.312 e. The van der Waals surface area contributed by atoms with E-state index in [-0.39, 0.29) is 19.0 Å². The van der Waals surface area contributed by atoms with E-state index < -0.39 is 11.9 Å². The molecular weight excluding hydrogens is 270 g/mol. The van der Waals surface area contributed by atoms with E-state index in [0.717, 1.165) is 11.1 Å². The van der Waals surface area contributed by atoms with Gasteiger partial charge in [0.1, 0.15) is 6.54 Å². The van der Waals surface area contributed by atoms with Crippen LogP contribution in [0, 0.1) is 0 Å². The van der Waals surface area contributed by atoms with Crippen LogP contribution in [0.15, 0.2) is 42.7 Å². The highest BCUT2D eigenvalue weighted by Crippen LogP contribution is 2.28. The van der Waals surface area contributed by atoms with Crippen molar-refractivity contribution in [2.75, 3.05) is 6.54 Å². The standard InChI is InChI=1S/C15H15N3O3/c19-14(10-18-7-3-6-16-18)17-8-11-4-1-2-5-12(11)13(9-17)15(20)21/h1-7,13H,8-10H2,(H,20,21). The molecule has 108 valence electrons. The molecule has 3 rings (SSSR count). The summed E-state index contributed by atoms with van der Waals surface area (Å²) >= 11 is 0. The first kappa shape index (κ1) is 13.4. The van der Waals surface area contributed by atoms with Crippen LogP contribution in [0.2, 0.25) is 0 Å². The highest BCUT2D eigenvalue weighted by Gasteiger charge is 2.32. The molecule has 1 N–H and O–H groups in total. The maximum absolute atomic E-state index is 12.3. The lowest BCUT2D eigenvalue weighted by atomic mass is 9.90. The highest BCUT2D eigenvalue weighted by molar-refractivity contribution is 5.81. The molecule has 1 aliphatic heterocycles. The van der Waals surface area contributed by atoms with Gasteiger partial charge in [-0.1, -0.05) is 24.3 Å². The molecule has 0 saturated carbocycles. The van der Waals surface area contributed by atoms with Crippen LogP contribution in [0.5, 0.6) is 0 Å². The van der Waals surface area contributed by atoms with Crippen LogP contribution >= 0.6 is 0 Å². The fraction of sp³-hybridized carbons (Fsp3) is 0.267. The number of carbonyl (C=O) groups is 2. The zero-order valence-electron chi connectivity index (χ0n) is 11.3. The summed E-state index contributed by atoms with van der Waals surface area (Å²) in [6.45, 7) is 0.772. The molecule has 0 fully saturated rings. The molecule has 0 radical (unpaired) electrons. The molecule has 21 heavy (non-hydrogen) atoms. The van der Waals surface area contributed by atoms with Crippen LogP contribution in [0.1, 0.15) is 17.0 Å². The van der Waals surface area contributed by atoms with Crippen LogP contribution in [-0.2, 0) is 22.7 Å². The third kappa shape index (κ3) is 2.65. The van der Waals surface area contributed by atoms with Crippen LogP contribution in [-0.4, -0.2) is 38.2 Å². The lowest BCUT2D eigenvalue weighted by Gasteiger charge is -2.32. The second kappa shape index (κ2) is 5.40. The molecular formula is C15H15N3O3. The van der Waals surface area contributed by atoms with Crippen molar-refractivity contribution in [2.24, 2.45) is 0 Å². The molecule has 6 heteroatoms. The van der Waals surface area contributed by atoms with Gasteiger partial charge in [0.05, 0.1) is 5.92 Å². The zero-order chi connectivity index (χ0) is 14.8. The van der Waals surface area contributed by atoms with Gasteiger partial charge in [0.15, 0.2) is 0 Å². The minimum atomic E-state index is -0.904. The molecule has 0 spiro atoms. The SMILES string of the molecule is O=C(O)C1CN(C(=O)Cn2cccn2)Cc2ccccc21. The number of nitrogens with zero attached hydrogens (tertiary/aromatic N) is 3. The Kier molecular flexibility index (Phi) is 3.43. The van der Waals surface area contributed by atoms with Crippen LogP contribution in [0.3, 0.4) is 0 Å². The smallest absolute Gasteiger partial charge is 0.312 e. The number of hydrogen-bond donors (Lipinski definition) is 1. The van der Waals surface area contributed by atoms with E-state index in [2.05, 4.69) is 5.10 Å². The van der Waals surface area contributed by atoms with Gasteiger partial charge in [0.25, 0.3) is 0 Å². The lowest BCUT2D eigenvalue weighted by molar-refractivity contribution is -0.141. The van der Waals surface area contributed by atoms with Crippen LogP contribution in [0.4, 0.5) is 0 Å². The summed E-state index contributed by atoms with van der Waals surface area (Å²) in [6, 6.07) is 9.14. The molecule has 1 amide bonds. The van der Waals surface area contributed by atoms with Crippen molar-refractivity contribution in [3.8, 4) is 0 Å². The third-order valence-corrected chi connectivity index (χ3v) is 3.70. The Hall–Kier alpha value is -2.63. The first-order chi connectivity index (χ1) is 10.1. The number of carboxylic acid groups (broad SMARTS) is 1. The monoisotopic (exact) mass is 285 g/mol. The predicted octanol–water partition coefficient (Wildman–Crippen LogP) is 1.09. The first-order valence-electron chi connectivity index (χ1n) is 6.71. The first-order valence-corrected chi connectivity index (χ1v) is 6.71. The van der Waals surface area contributed by atoms with Crippen molar-refractivity contribution in [3.63, 3.8) is 0 Å². The van der Waals surface area contributed by atoms with Crippen molar-refractivity contribution in [2.45, 2.75) is 19.0 Å². The molecule has 0 aliphatic carbocycles. The minimum Gasteiger partial charge on any atom is -0.481 e. The molecule has 1 aromatic heterocycles. The van der Waals surface area contributed by atoms with Crippen molar-refractivity contribution >= 4 is 11.9 Å². The Bertz CT molecular complexity index is 667. The Morgan fingerprint density at radius 1 is 1.29 bits per heavy atom. The number of amides is 1. The number of aromatic nitrogens is 2. The number of hydrogen-bond acceptors (Lipinski definition) is 3. The molecule has 2 heterocycles. The second-order valence-corrected chi connectivity index (χ2v) is 5.07. The van der Waals surface area contributed by atoms with Crippen LogP contribution < -0.4 is 0 Å². The Balaban J connectivity index is 1.82. The number of rotatable bonds is 3. The summed E-state index contributed by atoms with van der Waals surface area (Å²) in [6.07, 6.45) is 3.32. The van der Waals surface area contributed by atoms with Gasteiger partial charge in [0.2, 0.25) is 5.91 Å². The van der Waals surface area contributed by atoms with E-state index >= 15 is 0 Å². The quantitative estimate of drug-likeness (QED) is 0.916. The van der Waals surface area contributed by atoms with Crippen molar-refractivity contribution in [1.29, 1.82) is 0 Å². The number of aliphatic carboxylic acids is 1. The fourth-order valence-corrected chi connectivity index (χ4v) is 2.64. The van der Waals surface area contributed by atoms with E-state index in [1.807, 2.05) is 24.3 Å². The average Bonchev–Trinajstić information content (AvgIpc) is 2.98. The van der Waals surface area contributed by atoms with Gasteiger partial charge in [-0.2, -0.15) is 5.10 Å². The molecule has 1 aromatic carbocycles. The minimum absolute atomic E-state index is 0.126. The molecule has 6 nitrogen and oxygen atoms in total. The zero-order valence-corrected chi connectivity index (χ0v) is 11.3. The molecule has 2 aromatic rings. The fourth-order valence-electron chi connectivity index (χ4n) is 2.64. The highest BCUT2D eigenvalue weighted by atomic mass is 16.4. The van der Waals surface area contributed by atoms with Gasteiger partial charge in [-0.25, -0.2) is 0 Å². The van der Waals surface area contributed by atoms with Crippen molar-refractivity contribution in [1.82, 2.24) is 14.7 Å². The van der Waals surface area contributed by atoms with Crippen molar-refractivity contribution < 1.29 is 14.7 Å². The topological polar surface area (TPSA) is 75.4 Å². The van der Waals surface area contributed by atoms with Gasteiger partial charge in [0, 0.05) is 25.5 Å².